The van der Waals surface area contributed by atoms with Crippen LogP contribution in [0.4, 0.5) is 0 Å². The Morgan fingerprint density at radius 1 is 0.667 bits per heavy atom. The number of hydrogen-bond donors (Lipinski definition) is 0. The van der Waals surface area contributed by atoms with Crippen molar-refractivity contribution in [2.75, 3.05) is 0 Å². The smallest absolute Gasteiger partial charge is 0.0383 e. The van der Waals surface area contributed by atoms with Crippen molar-refractivity contribution in [3.8, 4) is 0 Å². The highest BCUT2D eigenvalue weighted by Crippen LogP contribution is 2.43. The summed E-state index contributed by atoms with van der Waals surface area (Å²) in [5.74, 6) is 5.16. The molecule has 0 bridgehead atoms. The molecule has 0 spiro atoms. The zero-order valence-corrected chi connectivity index (χ0v) is 10.8. The van der Waals surface area contributed by atoms with E-state index < -0.39 is 0 Å². The lowest BCUT2D eigenvalue weighted by Crippen LogP contribution is -2.29. The van der Waals surface area contributed by atoms with Crippen LogP contribution >= 0.6 is 0 Å². The zero-order valence-electron chi connectivity index (χ0n) is 10.8. The number of hydrogen-bond acceptors (Lipinski definition) is 0. The molecule has 0 heteroatoms. The Kier molecular flexibility index (Phi) is 3.74. The van der Waals surface area contributed by atoms with E-state index >= 15 is 0 Å². The first-order valence-corrected chi connectivity index (χ1v) is 7.16. The van der Waals surface area contributed by atoms with Crippen LogP contribution in [0.2, 0.25) is 0 Å². The minimum absolute atomic E-state index is 0.987. The quantitative estimate of drug-likeness (QED) is 0.576. The predicted octanol–water partition coefficient (Wildman–Crippen LogP) is 4.89. The van der Waals surface area contributed by atoms with Crippen LogP contribution in [0.1, 0.15) is 65.7 Å². The molecule has 0 heterocycles. The van der Waals surface area contributed by atoms with Gasteiger partial charge in [0.05, 0.1) is 0 Å². The molecule has 0 nitrogen and oxygen atoms in total. The van der Waals surface area contributed by atoms with Crippen molar-refractivity contribution in [1.82, 2.24) is 0 Å². The van der Waals surface area contributed by atoms with Crippen molar-refractivity contribution in [3.63, 3.8) is 0 Å². The molecule has 0 aliphatic heterocycles. The van der Waals surface area contributed by atoms with E-state index in [0.29, 0.717) is 0 Å². The van der Waals surface area contributed by atoms with Gasteiger partial charge in [-0.3, -0.25) is 0 Å². The highest BCUT2D eigenvalue weighted by atomic mass is 14.4. The Morgan fingerprint density at radius 3 is 2.07 bits per heavy atom. The monoisotopic (exact) mass is 208 g/mol. The summed E-state index contributed by atoms with van der Waals surface area (Å²) in [6.45, 7) is 7.38. The fraction of sp³-hybridized carbons (Fsp3) is 1.00. The third-order valence-electron chi connectivity index (χ3n) is 5.28. The second-order valence-corrected chi connectivity index (χ2v) is 6.56. The van der Waals surface area contributed by atoms with Crippen molar-refractivity contribution in [2.45, 2.75) is 65.7 Å². The summed E-state index contributed by atoms with van der Waals surface area (Å²) in [7, 11) is 0. The topological polar surface area (TPSA) is 0 Å². The first-order valence-electron chi connectivity index (χ1n) is 7.16. The van der Waals surface area contributed by atoms with E-state index in [4.69, 9.17) is 0 Å². The first-order chi connectivity index (χ1) is 7.16. The molecule has 2 aliphatic rings. The predicted molar refractivity (Wildman–Crippen MR) is 66.8 cm³/mol. The highest BCUT2D eigenvalue weighted by Gasteiger charge is 2.32. The van der Waals surface area contributed by atoms with E-state index in [-0.39, 0.29) is 0 Å². The molecule has 88 valence electrons. The van der Waals surface area contributed by atoms with E-state index in [2.05, 4.69) is 20.8 Å². The van der Waals surface area contributed by atoms with E-state index in [1.54, 1.807) is 0 Å². The van der Waals surface area contributed by atoms with Crippen LogP contribution in [-0.4, -0.2) is 0 Å². The molecule has 2 saturated carbocycles. The maximum atomic E-state index is 2.48. The Hall–Kier alpha value is 0. The Balaban J connectivity index is 1.87. The van der Waals surface area contributed by atoms with Gasteiger partial charge in [0.2, 0.25) is 0 Å². The van der Waals surface area contributed by atoms with Crippen molar-refractivity contribution < 1.29 is 0 Å². The standard InChI is InChI=1S/C15H28/c1-11-5-4-6-14(9-11)15-8-7-12(2)13(3)10-15/h11-15H,4-10H2,1-3H3. The van der Waals surface area contributed by atoms with Gasteiger partial charge in [-0.05, 0) is 48.9 Å². The average molecular weight is 208 g/mol. The third-order valence-corrected chi connectivity index (χ3v) is 5.28. The maximum Gasteiger partial charge on any atom is -0.0383 e. The molecule has 5 unspecified atom stereocenters. The summed E-state index contributed by atoms with van der Waals surface area (Å²) in [6.07, 6.45) is 10.6. The van der Waals surface area contributed by atoms with Gasteiger partial charge >= 0.3 is 0 Å². The zero-order chi connectivity index (χ0) is 10.8. The normalized spacial score (nSPS) is 47.8. The van der Waals surface area contributed by atoms with E-state index in [1.165, 1.54) is 44.9 Å². The Bertz CT molecular complexity index is 196. The van der Waals surface area contributed by atoms with Crippen LogP contribution in [0.15, 0.2) is 0 Å². The molecule has 0 aromatic carbocycles. The van der Waals surface area contributed by atoms with Crippen LogP contribution in [0.5, 0.6) is 0 Å². The van der Waals surface area contributed by atoms with Gasteiger partial charge in [0.15, 0.2) is 0 Å². The van der Waals surface area contributed by atoms with Crippen LogP contribution in [0.3, 0.4) is 0 Å². The molecule has 0 radical (unpaired) electrons. The molecule has 0 amide bonds. The van der Waals surface area contributed by atoms with Gasteiger partial charge in [0.25, 0.3) is 0 Å². The van der Waals surface area contributed by atoms with Gasteiger partial charge in [-0.1, -0.05) is 46.5 Å². The first kappa shape index (κ1) is 11.5. The van der Waals surface area contributed by atoms with Gasteiger partial charge < -0.3 is 0 Å². The van der Waals surface area contributed by atoms with E-state index in [9.17, 15) is 0 Å². The lowest BCUT2D eigenvalue weighted by molar-refractivity contribution is 0.115. The maximum absolute atomic E-state index is 2.48. The molecule has 5 atom stereocenters. The average Bonchev–Trinajstić information content (AvgIpc) is 2.22. The molecule has 0 aromatic rings. The Morgan fingerprint density at radius 2 is 1.40 bits per heavy atom. The molecular weight excluding hydrogens is 180 g/mol. The summed E-state index contributed by atoms with van der Waals surface area (Å²) >= 11 is 0. The summed E-state index contributed by atoms with van der Waals surface area (Å²) < 4.78 is 0. The molecule has 2 rings (SSSR count). The lowest BCUT2D eigenvalue weighted by atomic mass is 9.66. The molecule has 2 aliphatic carbocycles. The SMILES string of the molecule is CC1CCCC(C2CCC(C)C(C)C2)C1. The van der Waals surface area contributed by atoms with Gasteiger partial charge in [-0.25, -0.2) is 0 Å². The second kappa shape index (κ2) is 4.89. The molecular formula is C15H28. The lowest BCUT2D eigenvalue weighted by Gasteiger charge is -2.39. The fourth-order valence-corrected chi connectivity index (χ4v) is 3.93. The minimum atomic E-state index is 0.987. The summed E-state index contributed by atoms with van der Waals surface area (Å²) in [5.41, 5.74) is 0. The molecule has 0 N–H and O–H groups in total. The van der Waals surface area contributed by atoms with Gasteiger partial charge in [-0.15, -0.1) is 0 Å². The summed E-state index contributed by atoms with van der Waals surface area (Å²) in [4.78, 5) is 0. The molecule has 0 aromatic heterocycles. The van der Waals surface area contributed by atoms with Crippen LogP contribution < -0.4 is 0 Å². The highest BCUT2D eigenvalue weighted by molar-refractivity contribution is 4.83. The fourth-order valence-electron chi connectivity index (χ4n) is 3.93. The molecule has 0 saturated heterocycles. The van der Waals surface area contributed by atoms with Crippen LogP contribution in [0.25, 0.3) is 0 Å². The van der Waals surface area contributed by atoms with Crippen LogP contribution in [-0.2, 0) is 0 Å². The minimum Gasteiger partial charge on any atom is -0.0625 e. The largest absolute Gasteiger partial charge is 0.0625 e. The van der Waals surface area contributed by atoms with Crippen molar-refractivity contribution >= 4 is 0 Å². The second-order valence-electron chi connectivity index (χ2n) is 6.56. The van der Waals surface area contributed by atoms with Crippen LogP contribution in [0, 0.1) is 29.6 Å². The van der Waals surface area contributed by atoms with E-state index in [0.717, 1.165) is 29.6 Å². The summed E-state index contributed by atoms with van der Waals surface area (Å²) in [6, 6.07) is 0. The van der Waals surface area contributed by atoms with Crippen molar-refractivity contribution in [2.24, 2.45) is 29.6 Å². The van der Waals surface area contributed by atoms with Crippen molar-refractivity contribution in [3.05, 3.63) is 0 Å². The van der Waals surface area contributed by atoms with Gasteiger partial charge in [0.1, 0.15) is 0 Å². The number of rotatable bonds is 1. The van der Waals surface area contributed by atoms with Gasteiger partial charge in [0, 0.05) is 0 Å². The molecule has 2 fully saturated rings. The third kappa shape index (κ3) is 2.77. The van der Waals surface area contributed by atoms with Gasteiger partial charge in [-0.2, -0.15) is 0 Å². The van der Waals surface area contributed by atoms with E-state index in [1.807, 2.05) is 0 Å². The van der Waals surface area contributed by atoms with Crippen molar-refractivity contribution in [1.29, 1.82) is 0 Å². The Labute approximate surface area is 95.8 Å². The summed E-state index contributed by atoms with van der Waals surface area (Å²) in [5, 5.41) is 0. The molecule has 15 heavy (non-hydrogen) atoms.